The summed E-state index contributed by atoms with van der Waals surface area (Å²) in [4.78, 5) is 2.10. The quantitative estimate of drug-likeness (QED) is 0.608. The Morgan fingerprint density at radius 1 is 1.53 bits per heavy atom. The molecule has 1 rings (SSSR count). The van der Waals surface area contributed by atoms with Crippen LogP contribution in [0.3, 0.4) is 0 Å². The maximum Gasteiger partial charge on any atom is 0.142 e. The van der Waals surface area contributed by atoms with E-state index in [4.69, 9.17) is 22.7 Å². The van der Waals surface area contributed by atoms with Crippen molar-refractivity contribution in [1.29, 1.82) is 5.41 Å². The van der Waals surface area contributed by atoms with Crippen LogP contribution in [0.4, 0.5) is 4.39 Å². The zero-order chi connectivity index (χ0) is 12.8. The second-order valence-corrected chi connectivity index (χ2v) is 4.30. The minimum Gasteiger partial charge on any atom is -0.388 e. The molecule has 0 radical (unpaired) electrons. The Hall–Kier alpha value is -1.13. The lowest BCUT2D eigenvalue weighted by atomic mass is 10.2. The summed E-state index contributed by atoms with van der Waals surface area (Å²) in [5.74, 6) is -0.225. The molecule has 94 valence electrons. The second kappa shape index (κ2) is 6.57. The maximum atomic E-state index is 13.2. The molecule has 17 heavy (non-hydrogen) atoms. The highest BCUT2D eigenvalue weighted by Crippen LogP contribution is 2.16. The minimum atomic E-state index is -0.396. The summed E-state index contributed by atoms with van der Waals surface area (Å²) in [5.41, 5.74) is 6.18. The van der Waals surface area contributed by atoms with E-state index in [0.29, 0.717) is 19.5 Å². The Bertz CT molecular complexity index is 395. The van der Waals surface area contributed by atoms with Crippen LogP contribution in [0.1, 0.15) is 18.9 Å². The first-order chi connectivity index (χ1) is 8.02. The molecule has 5 heteroatoms. The van der Waals surface area contributed by atoms with E-state index in [9.17, 15) is 4.39 Å². The molecule has 0 saturated heterocycles. The van der Waals surface area contributed by atoms with E-state index < -0.39 is 5.82 Å². The van der Waals surface area contributed by atoms with Crippen molar-refractivity contribution in [2.75, 3.05) is 13.1 Å². The number of nitrogens with zero attached hydrogens (tertiary/aromatic N) is 1. The summed E-state index contributed by atoms with van der Waals surface area (Å²) in [6.07, 6.45) is 0.532. The van der Waals surface area contributed by atoms with Crippen molar-refractivity contribution < 1.29 is 4.39 Å². The van der Waals surface area contributed by atoms with E-state index in [1.165, 1.54) is 6.07 Å². The Morgan fingerprint density at radius 3 is 2.76 bits per heavy atom. The third-order valence-corrected chi connectivity index (χ3v) is 2.84. The van der Waals surface area contributed by atoms with Gasteiger partial charge in [0.1, 0.15) is 5.82 Å². The Labute approximate surface area is 106 Å². The summed E-state index contributed by atoms with van der Waals surface area (Å²) in [5, 5.41) is 7.32. The fraction of sp³-hybridized carbons (Fsp3) is 0.417. The van der Waals surface area contributed by atoms with Crippen molar-refractivity contribution in [2.24, 2.45) is 5.73 Å². The van der Waals surface area contributed by atoms with Crippen molar-refractivity contribution in [3.63, 3.8) is 0 Å². The van der Waals surface area contributed by atoms with Crippen LogP contribution in [0.15, 0.2) is 18.2 Å². The van der Waals surface area contributed by atoms with Gasteiger partial charge in [0.15, 0.2) is 0 Å². The molecule has 3 nitrogen and oxygen atoms in total. The zero-order valence-corrected chi connectivity index (χ0v) is 10.6. The summed E-state index contributed by atoms with van der Waals surface area (Å²) in [6.45, 7) is 4.19. The fourth-order valence-electron chi connectivity index (χ4n) is 1.52. The first-order valence-electron chi connectivity index (χ1n) is 5.52. The van der Waals surface area contributed by atoms with Crippen LogP contribution in [0.25, 0.3) is 0 Å². The zero-order valence-electron chi connectivity index (χ0n) is 9.84. The lowest BCUT2D eigenvalue weighted by molar-refractivity contribution is 0.287. The number of nitrogens with two attached hydrogens (primary N) is 1. The Balaban J connectivity index is 2.60. The number of amidine groups is 1. The monoisotopic (exact) mass is 257 g/mol. The number of benzene rings is 1. The number of halogens is 2. The van der Waals surface area contributed by atoms with Gasteiger partial charge in [-0.25, -0.2) is 4.39 Å². The third-order valence-electron chi connectivity index (χ3n) is 2.53. The average molecular weight is 258 g/mol. The van der Waals surface area contributed by atoms with E-state index >= 15 is 0 Å². The third kappa shape index (κ3) is 4.71. The summed E-state index contributed by atoms with van der Waals surface area (Å²) in [6, 6.07) is 4.81. The smallest absolute Gasteiger partial charge is 0.142 e. The van der Waals surface area contributed by atoms with Crippen molar-refractivity contribution in [2.45, 2.75) is 19.9 Å². The highest BCUT2D eigenvalue weighted by atomic mass is 35.5. The fourth-order valence-corrected chi connectivity index (χ4v) is 1.64. The number of rotatable bonds is 6. The largest absolute Gasteiger partial charge is 0.388 e. The molecule has 0 aliphatic carbocycles. The van der Waals surface area contributed by atoms with Gasteiger partial charge in [0.05, 0.1) is 10.9 Å². The molecule has 0 aliphatic heterocycles. The predicted molar refractivity (Wildman–Crippen MR) is 68.9 cm³/mol. The van der Waals surface area contributed by atoms with E-state index in [-0.39, 0.29) is 10.9 Å². The van der Waals surface area contributed by atoms with Gasteiger partial charge in [-0.3, -0.25) is 10.3 Å². The van der Waals surface area contributed by atoms with E-state index in [0.717, 1.165) is 12.1 Å². The molecule has 0 saturated carbocycles. The number of nitrogens with one attached hydrogen (secondary N) is 1. The molecular formula is C12H17ClFN3. The molecule has 0 bridgehead atoms. The van der Waals surface area contributed by atoms with Gasteiger partial charge in [0.2, 0.25) is 0 Å². The van der Waals surface area contributed by atoms with Crippen LogP contribution in [0.2, 0.25) is 5.02 Å². The molecule has 0 amide bonds. The number of hydrogen-bond donors (Lipinski definition) is 2. The van der Waals surface area contributed by atoms with Crippen LogP contribution >= 0.6 is 11.6 Å². The second-order valence-electron chi connectivity index (χ2n) is 3.89. The molecule has 0 aliphatic rings. The van der Waals surface area contributed by atoms with Crippen LogP contribution in [0.5, 0.6) is 0 Å². The molecule has 1 aromatic carbocycles. The van der Waals surface area contributed by atoms with E-state index in [1.807, 2.05) is 13.0 Å². The van der Waals surface area contributed by atoms with Crippen molar-refractivity contribution >= 4 is 17.4 Å². The number of hydrogen-bond acceptors (Lipinski definition) is 2. The molecule has 0 heterocycles. The van der Waals surface area contributed by atoms with E-state index in [2.05, 4.69) is 4.90 Å². The van der Waals surface area contributed by atoms with Crippen LogP contribution in [-0.4, -0.2) is 23.8 Å². The van der Waals surface area contributed by atoms with Crippen molar-refractivity contribution in [1.82, 2.24) is 4.90 Å². The first-order valence-corrected chi connectivity index (χ1v) is 5.90. The Kier molecular flexibility index (Phi) is 5.38. The van der Waals surface area contributed by atoms with Gasteiger partial charge in [0, 0.05) is 19.5 Å². The van der Waals surface area contributed by atoms with Gasteiger partial charge >= 0.3 is 0 Å². The summed E-state index contributed by atoms with van der Waals surface area (Å²) < 4.78 is 13.2. The molecule has 1 aromatic rings. The highest BCUT2D eigenvalue weighted by molar-refractivity contribution is 6.30. The molecule has 3 N–H and O–H groups in total. The van der Waals surface area contributed by atoms with Gasteiger partial charge in [-0.15, -0.1) is 0 Å². The lowest BCUT2D eigenvalue weighted by Gasteiger charge is -2.20. The van der Waals surface area contributed by atoms with Gasteiger partial charge in [-0.1, -0.05) is 24.6 Å². The van der Waals surface area contributed by atoms with Crippen LogP contribution in [0, 0.1) is 11.2 Å². The lowest BCUT2D eigenvalue weighted by Crippen LogP contribution is -2.27. The first kappa shape index (κ1) is 13.9. The topological polar surface area (TPSA) is 53.1 Å². The SMILES string of the molecule is CCN(CCC(=N)N)Cc1ccc(Cl)c(F)c1. The standard InChI is InChI=1S/C12H17ClFN3/c1-2-17(6-5-12(15)16)8-9-3-4-10(13)11(14)7-9/h3-4,7H,2,5-6,8H2,1H3,(H3,15,16). The van der Waals surface area contributed by atoms with Gasteiger partial charge in [-0.2, -0.15) is 0 Å². The maximum absolute atomic E-state index is 13.2. The van der Waals surface area contributed by atoms with Gasteiger partial charge in [0.25, 0.3) is 0 Å². The predicted octanol–water partition coefficient (Wildman–Crippen LogP) is 2.63. The van der Waals surface area contributed by atoms with Gasteiger partial charge in [-0.05, 0) is 24.2 Å². The molecule has 0 unspecified atom stereocenters. The molecule has 0 atom stereocenters. The van der Waals surface area contributed by atoms with Crippen molar-refractivity contribution in [3.05, 3.63) is 34.6 Å². The normalized spacial score (nSPS) is 10.8. The van der Waals surface area contributed by atoms with Crippen molar-refractivity contribution in [3.8, 4) is 0 Å². The van der Waals surface area contributed by atoms with E-state index in [1.54, 1.807) is 6.07 Å². The molecular weight excluding hydrogens is 241 g/mol. The summed E-state index contributed by atoms with van der Waals surface area (Å²) >= 11 is 5.62. The van der Waals surface area contributed by atoms with Gasteiger partial charge < -0.3 is 5.73 Å². The van der Waals surface area contributed by atoms with Crippen LogP contribution in [-0.2, 0) is 6.54 Å². The molecule has 0 spiro atoms. The minimum absolute atomic E-state index is 0.139. The Morgan fingerprint density at radius 2 is 2.24 bits per heavy atom. The highest BCUT2D eigenvalue weighted by Gasteiger charge is 2.06. The van der Waals surface area contributed by atoms with Crippen LogP contribution < -0.4 is 5.73 Å². The molecule has 0 fully saturated rings. The summed E-state index contributed by atoms with van der Waals surface area (Å²) in [7, 11) is 0. The molecule has 0 aromatic heterocycles. The average Bonchev–Trinajstić information content (AvgIpc) is 2.28.